The van der Waals surface area contributed by atoms with Crippen LogP contribution < -0.4 is 10.6 Å². The Bertz CT molecular complexity index is 761. The summed E-state index contributed by atoms with van der Waals surface area (Å²) in [4.78, 5) is 16.5. The average molecular weight is 330 g/mol. The highest BCUT2D eigenvalue weighted by Crippen LogP contribution is 2.40. The molecule has 2 aromatic heterocycles. The normalized spacial score (nSPS) is 20.9. The van der Waals surface area contributed by atoms with Crippen LogP contribution in [-0.2, 0) is 20.0 Å². The number of rotatable bonds is 2. The number of anilines is 1. The lowest BCUT2D eigenvalue weighted by molar-refractivity contribution is 0.0933. The number of hydrogen-bond acceptors (Lipinski definition) is 4. The van der Waals surface area contributed by atoms with Crippen molar-refractivity contribution < 1.29 is 4.79 Å². The zero-order valence-corrected chi connectivity index (χ0v) is 14.5. The number of fused-ring (bicyclic) bond motifs is 3. The minimum Gasteiger partial charge on any atom is -0.351 e. The van der Waals surface area contributed by atoms with Gasteiger partial charge in [0.15, 0.2) is 0 Å². The molecule has 1 atom stereocenters. The minimum absolute atomic E-state index is 0.0560. The van der Waals surface area contributed by atoms with E-state index in [1.165, 1.54) is 10.4 Å². The lowest BCUT2D eigenvalue weighted by Gasteiger charge is -2.31. The van der Waals surface area contributed by atoms with Gasteiger partial charge in [0, 0.05) is 37.3 Å². The summed E-state index contributed by atoms with van der Waals surface area (Å²) in [7, 11) is 2.00. The lowest BCUT2D eigenvalue weighted by Crippen LogP contribution is -2.40. The molecule has 1 amide bonds. The fourth-order valence-corrected chi connectivity index (χ4v) is 4.80. The van der Waals surface area contributed by atoms with Crippen LogP contribution >= 0.6 is 11.3 Å². The van der Waals surface area contributed by atoms with E-state index in [9.17, 15) is 4.79 Å². The molecule has 0 radical (unpaired) electrons. The lowest BCUT2D eigenvalue weighted by atomic mass is 10.00. The summed E-state index contributed by atoms with van der Waals surface area (Å²) < 4.78 is 2.04. The van der Waals surface area contributed by atoms with Gasteiger partial charge in [-0.05, 0) is 38.0 Å². The molecule has 6 heteroatoms. The first-order valence-corrected chi connectivity index (χ1v) is 8.93. The van der Waals surface area contributed by atoms with E-state index in [4.69, 9.17) is 0 Å². The topological polar surface area (TPSA) is 49.3 Å². The van der Waals surface area contributed by atoms with Crippen molar-refractivity contribution in [2.45, 2.75) is 39.0 Å². The average Bonchev–Trinajstić information content (AvgIpc) is 3.09. The maximum atomic E-state index is 12.7. The van der Waals surface area contributed by atoms with E-state index in [2.05, 4.69) is 29.4 Å². The third-order valence-corrected chi connectivity index (χ3v) is 6.02. The molecule has 4 rings (SSSR count). The molecular weight excluding hydrogens is 308 g/mol. The smallest absolute Gasteiger partial charge is 0.256 e. The highest BCUT2D eigenvalue weighted by Gasteiger charge is 2.34. The Kier molecular flexibility index (Phi) is 3.46. The maximum Gasteiger partial charge on any atom is 0.256 e. The van der Waals surface area contributed by atoms with Gasteiger partial charge in [-0.1, -0.05) is 0 Å². The van der Waals surface area contributed by atoms with E-state index in [1.807, 2.05) is 29.9 Å². The van der Waals surface area contributed by atoms with Crippen molar-refractivity contribution in [3.8, 4) is 0 Å². The van der Waals surface area contributed by atoms with Crippen molar-refractivity contribution in [3.63, 3.8) is 0 Å². The summed E-state index contributed by atoms with van der Waals surface area (Å²) in [5.41, 5.74) is 3.19. The van der Waals surface area contributed by atoms with Gasteiger partial charge in [-0.25, -0.2) is 0 Å². The van der Waals surface area contributed by atoms with Gasteiger partial charge in [0.2, 0.25) is 0 Å². The number of nitrogens with zero attached hydrogens (tertiary/aromatic N) is 2. The Labute approximate surface area is 140 Å². The minimum atomic E-state index is -0.156. The van der Waals surface area contributed by atoms with Crippen LogP contribution in [0, 0.1) is 0 Å². The van der Waals surface area contributed by atoms with E-state index in [0.29, 0.717) is 6.04 Å². The van der Waals surface area contributed by atoms with E-state index in [0.717, 1.165) is 35.8 Å². The number of aromatic nitrogens is 1. The summed E-state index contributed by atoms with van der Waals surface area (Å²) in [5, 5.41) is 7.65. The highest BCUT2D eigenvalue weighted by molar-refractivity contribution is 7.16. The molecule has 5 nitrogen and oxygen atoms in total. The highest BCUT2D eigenvalue weighted by atomic mass is 32.1. The predicted octanol–water partition coefficient (Wildman–Crippen LogP) is 2.71. The molecule has 23 heavy (non-hydrogen) atoms. The number of hydrogen-bond donors (Lipinski definition) is 2. The van der Waals surface area contributed by atoms with Crippen molar-refractivity contribution in [2.24, 2.45) is 7.05 Å². The maximum absolute atomic E-state index is 12.7. The summed E-state index contributed by atoms with van der Waals surface area (Å²) in [6.07, 6.45) is 2.80. The second-order valence-electron chi connectivity index (χ2n) is 6.62. The number of carbonyl (C=O) groups excluding carboxylic acids is 1. The Morgan fingerprint density at radius 1 is 1.35 bits per heavy atom. The summed E-state index contributed by atoms with van der Waals surface area (Å²) in [6, 6.07) is 4.58. The fourth-order valence-electron chi connectivity index (χ4n) is 3.50. The molecule has 2 aromatic rings. The molecule has 0 saturated carbocycles. The van der Waals surface area contributed by atoms with Gasteiger partial charge in [0.1, 0.15) is 11.2 Å². The van der Waals surface area contributed by atoms with Gasteiger partial charge >= 0.3 is 0 Å². The molecule has 0 spiro atoms. The summed E-state index contributed by atoms with van der Waals surface area (Å²) in [5.74, 6) is 0.0560. The largest absolute Gasteiger partial charge is 0.351 e. The van der Waals surface area contributed by atoms with Crippen LogP contribution in [0.25, 0.3) is 0 Å². The Hall–Kier alpha value is -1.79. The van der Waals surface area contributed by atoms with Crippen LogP contribution in [0.1, 0.15) is 46.5 Å². The molecule has 0 aromatic carbocycles. The van der Waals surface area contributed by atoms with Gasteiger partial charge in [-0.2, -0.15) is 0 Å². The number of amides is 1. The van der Waals surface area contributed by atoms with Gasteiger partial charge in [-0.3, -0.25) is 9.69 Å². The van der Waals surface area contributed by atoms with Crippen molar-refractivity contribution in [3.05, 3.63) is 40.0 Å². The van der Waals surface area contributed by atoms with Crippen LogP contribution in [0.5, 0.6) is 0 Å². The zero-order valence-electron chi connectivity index (χ0n) is 13.7. The van der Waals surface area contributed by atoms with E-state index < -0.39 is 0 Å². The molecule has 0 saturated heterocycles. The number of thiophene rings is 1. The quantitative estimate of drug-likeness (QED) is 0.890. The number of nitrogens with one attached hydrogen (secondary N) is 2. The standard InChI is InChI=1S/C17H22N4OS/c1-10(2)21-8-6-11-13(9-21)23-17-14(11)16(22)18-15(19-17)12-5-4-7-20(12)3/h4-5,7,10,15,19H,6,8-9H2,1-3H3,(H,18,22). The van der Waals surface area contributed by atoms with Crippen molar-refractivity contribution >= 4 is 22.2 Å². The predicted molar refractivity (Wildman–Crippen MR) is 92.8 cm³/mol. The van der Waals surface area contributed by atoms with Crippen LogP contribution in [-0.4, -0.2) is 28.0 Å². The molecule has 0 bridgehead atoms. The Morgan fingerprint density at radius 3 is 2.87 bits per heavy atom. The molecule has 0 aliphatic carbocycles. The van der Waals surface area contributed by atoms with Gasteiger partial charge < -0.3 is 15.2 Å². The Morgan fingerprint density at radius 2 is 2.17 bits per heavy atom. The van der Waals surface area contributed by atoms with Crippen molar-refractivity contribution in [2.75, 3.05) is 11.9 Å². The number of carbonyl (C=O) groups is 1. The number of aryl methyl sites for hydroxylation is 1. The molecule has 2 aliphatic heterocycles. The first-order valence-electron chi connectivity index (χ1n) is 8.12. The monoisotopic (exact) mass is 330 g/mol. The molecule has 4 heterocycles. The van der Waals surface area contributed by atoms with E-state index in [-0.39, 0.29) is 12.1 Å². The van der Waals surface area contributed by atoms with Gasteiger partial charge in [0.25, 0.3) is 5.91 Å². The van der Waals surface area contributed by atoms with Gasteiger partial charge in [-0.15, -0.1) is 11.3 Å². The second kappa shape index (κ2) is 5.39. The van der Waals surface area contributed by atoms with Crippen LogP contribution in [0.3, 0.4) is 0 Å². The van der Waals surface area contributed by atoms with Crippen LogP contribution in [0.15, 0.2) is 18.3 Å². The SMILES string of the molecule is CC(C)N1CCc2c(sc3c2C(=O)NC(c2cccn2C)N3)C1. The van der Waals surface area contributed by atoms with Gasteiger partial charge in [0.05, 0.1) is 11.3 Å². The summed E-state index contributed by atoms with van der Waals surface area (Å²) >= 11 is 1.75. The van der Waals surface area contributed by atoms with Crippen LogP contribution in [0.4, 0.5) is 5.00 Å². The summed E-state index contributed by atoms with van der Waals surface area (Å²) in [6.45, 7) is 6.45. The molecule has 1 unspecified atom stereocenters. The molecule has 2 N–H and O–H groups in total. The third-order valence-electron chi connectivity index (χ3n) is 4.87. The Balaban J connectivity index is 1.67. The van der Waals surface area contributed by atoms with E-state index in [1.54, 1.807) is 11.3 Å². The molecular formula is C17H22N4OS. The molecule has 2 aliphatic rings. The molecule has 122 valence electrons. The molecule has 0 fully saturated rings. The van der Waals surface area contributed by atoms with E-state index >= 15 is 0 Å². The third kappa shape index (κ3) is 2.37. The fraction of sp³-hybridized carbons (Fsp3) is 0.471. The first-order chi connectivity index (χ1) is 11.0. The second-order valence-corrected chi connectivity index (χ2v) is 7.72. The first kappa shape index (κ1) is 14.8. The van der Waals surface area contributed by atoms with Crippen molar-refractivity contribution in [1.82, 2.24) is 14.8 Å². The van der Waals surface area contributed by atoms with Crippen molar-refractivity contribution in [1.29, 1.82) is 0 Å². The zero-order chi connectivity index (χ0) is 16.1. The van der Waals surface area contributed by atoms with Crippen LogP contribution in [0.2, 0.25) is 0 Å².